The van der Waals surface area contributed by atoms with Crippen molar-refractivity contribution in [1.29, 1.82) is 0 Å². The standard InChI is InChI=1S/C19H25N3OS/c23-17(15-4-2-1-3-5-15)19(8-9-19)14-21-16-6-11-22(12-7-16)18-20-10-13-24-18/h1-5,10,13,16-17,21,23H,6-9,11-12,14H2. The highest BCUT2D eigenvalue weighted by atomic mass is 32.1. The number of nitrogens with zero attached hydrogens (tertiary/aromatic N) is 2. The van der Waals surface area contributed by atoms with E-state index >= 15 is 0 Å². The number of aromatic nitrogens is 1. The molecule has 2 aromatic rings. The van der Waals surface area contributed by atoms with E-state index in [4.69, 9.17) is 0 Å². The van der Waals surface area contributed by atoms with Gasteiger partial charge in [0.15, 0.2) is 5.13 Å². The van der Waals surface area contributed by atoms with Crippen LogP contribution in [0.1, 0.15) is 37.4 Å². The Balaban J connectivity index is 1.28. The van der Waals surface area contributed by atoms with Crippen molar-refractivity contribution in [2.24, 2.45) is 5.41 Å². The highest BCUT2D eigenvalue weighted by Crippen LogP contribution is 2.54. The number of aliphatic hydroxyl groups is 1. The van der Waals surface area contributed by atoms with Crippen molar-refractivity contribution in [3.05, 3.63) is 47.5 Å². The van der Waals surface area contributed by atoms with E-state index in [-0.39, 0.29) is 11.5 Å². The number of piperidine rings is 1. The van der Waals surface area contributed by atoms with Crippen molar-refractivity contribution in [3.63, 3.8) is 0 Å². The predicted octanol–water partition coefficient (Wildman–Crippen LogP) is 3.22. The first kappa shape index (κ1) is 16.1. The molecule has 2 heterocycles. The van der Waals surface area contributed by atoms with Gasteiger partial charge < -0.3 is 15.3 Å². The van der Waals surface area contributed by atoms with E-state index in [9.17, 15) is 5.11 Å². The van der Waals surface area contributed by atoms with Crippen LogP contribution in [0.3, 0.4) is 0 Å². The molecular formula is C19H25N3OS. The molecule has 0 bridgehead atoms. The lowest BCUT2D eigenvalue weighted by Crippen LogP contribution is -2.44. The maximum absolute atomic E-state index is 10.8. The number of benzene rings is 1. The molecule has 1 atom stereocenters. The SMILES string of the molecule is OC(c1ccccc1)C1(CNC2CCN(c3nccs3)CC2)CC1. The summed E-state index contributed by atoms with van der Waals surface area (Å²) in [6.45, 7) is 3.06. The van der Waals surface area contributed by atoms with Gasteiger partial charge in [0.05, 0.1) is 6.10 Å². The molecule has 0 spiro atoms. The van der Waals surface area contributed by atoms with E-state index in [0.29, 0.717) is 6.04 Å². The van der Waals surface area contributed by atoms with Gasteiger partial charge in [0, 0.05) is 42.7 Å². The Morgan fingerprint density at radius 1 is 1.25 bits per heavy atom. The van der Waals surface area contributed by atoms with E-state index < -0.39 is 0 Å². The Labute approximate surface area is 147 Å². The number of nitrogens with one attached hydrogen (secondary N) is 1. The molecule has 128 valence electrons. The van der Waals surface area contributed by atoms with Crippen molar-refractivity contribution in [2.75, 3.05) is 24.5 Å². The highest BCUT2D eigenvalue weighted by Gasteiger charge is 2.49. The van der Waals surface area contributed by atoms with Gasteiger partial charge in [-0.1, -0.05) is 30.3 Å². The molecule has 2 N–H and O–H groups in total. The molecule has 1 aromatic carbocycles. The molecule has 4 rings (SSSR count). The third kappa shape index (κ3) is 3.34. The minimum atomic E-state index is -0.346. The lowest BCUT2D eigenvalue weighted by Gasteiger charge is -2.34. The number of rotatable bonds is 6. The molecule has 1 aliphatic heterocycles. The summed E-state index contributed by atoms with van der Waals surface area (Å²) in [6, 6.07) is 10.7. The molecule has 1 saturated carbocycles. The first-order chi connectivity index (χ1) is 11.8. The van der Waals surface area contributed by atoms with Gasteiger partial charge in [0.2, 0.25) is 0 Å². The summed E-state index contributed by atoms with van der Waals surface area (Å²) in [5, 5.41) is 17.7. The van der Waals surface area contributed by atoms with E-state index in [1.165, 1.54) is 0 Å². The molecule has 2 aliphatic rings. The first-order valence-corrected chi connectivity index (χ1v) is 9.76. The Kier molecular flexibility index (Phi) is 4.57. The van der Waals surface area contributed by atoms with Gasteiger partial charge >= 0.3 is 0 Å². The number of hydrogen-bond acceptors (Lipinski definition) is 5. The summed E-state index contributed by atoms with van der Waals surface area (Å²) < 4.78 is 0. The summed E-state index contributed by atoms with van der Waals surface area (Å²) in [7, 11) is 0. The fourth-order valence-electron chi connectivity index (χ4n) is 3.69. The maximum atomic E-state index is 10.8. The minimum Gasteiger partial charge on any atom is -0.388 e. The second-order valence-electron chi connectivity index (χ2n) is 7.13. The maximum Gasteiger partial charge on any atom is 0.185 e. The monoisotopic (exact) mass is 343 g/mol. The largest absolute Gasteiger partial charge is 0.388 e. The number of anilines is 1. The topological polar surface area (TPSA) is 48.4 Å². The number of thiazole rings is 1. The van der Waals surface area contributed by atoms with Crippen molar-refractivity contribution in [3.8, 4) is 0 Å². The van der Waals surface area contributed by atoms with Gasteiger partial charge in [0.1, 0.15) is 0 Å². The number of aliphatic hydroxyl groups excluding tert-OH is 1. The Morgan fingerprint density at radius 2 is 2.00 bits per heavy atom. The van der Waals surface area contributed by atoms with Crippen LogP contribution in [0.25, 0.3) is 0 Å². The number of hydrogen-bond donors (Lipinski definition) is 2. The summed E-state index contributed by atoms with van der Waals surface area (Å²) in [5.74, 6) is 0. The van der Waals surface area contributed by atoms with Crippen LogP contribution >= 0.6 is 11.3 Å². The fourth-order valence-corrected chi connectivity index (χ4v) is 4.39. The van der Waals surface area contributed by atoms with Crippen LogP contribution in [0.5, 0.6) is 0 Å². The van der Waals surface area contributed by atoms with Crippen LogP contribution in [-0.4, -0.2) is 35.8 Å². The van der Waals surface area contributed by atoms with Gasteiger partial charge in [-0.3, -0.25) is 0 Å². The molecule has 1 unspecified atom stereocenters. The van der Waals surface area contributed by atoms with Crippen LogP contribution in [0.2, 0.25) is 0 Å². The molecule has 1 aromatic heterocycles. The summed E-state index contributed by atoms with van der Waals surface area (Å²) in [4.78, 5) is 6.79. The van der Waals surface area contributed by atoms with Crippen LogP contribution in [0, 0.1) is 5.41 Å². The Bertz CT molecular complexity index is 634. The zero-order valence-electron chi connectivity index (χ0n) is 13.9. The van der Waals surface area contributed by atoms with Crippen LogP contribution in [-0.2, 0) is 0 Å². The third-order valence-electron chi connectivity index (χ3n) is 5.52. The lowest BCUT2D eigenvalue weighted by molar-refractivity contribution is 0.0892. The van der Waals surface area contributed by atoms with E-state index in [0.717, 1.165) is 56.0 Å². The normalized spacial score (nSPS) is 21.6. The van der Waals surface area contributed by atoms with Crippen molar-refractivity contribution in [1.82, 2.24) is 10.3 Å². The van der Waals surface area contributed by atoms with Crippen LogP contribution in [0.4, 0.5) is 5.13 Å². The highest BCUT2D eigenvalue weighted by molar-refractivity contribution is 7.13. The first-order valence-electron chi connectivity index (χ1n) is 8.88. The van der Waals surface area contributed by atoms with Gasteiger partial charge in [0.25, 0.3) is 0 Å². The summed E-state index contributed by atoms with van der Waals surface area (Å²) in [5.41, 5.74) is 1.10. The molecule has 24 heavy (non-hydrogen) atoms. The molecule has 2 fully saturated rings. The average Bonchev–Trinajstić information content (AvgIpc) is 3.24. The Hall–Kier alpha value is -1.43. The van der Waals surface area contributed by atoms with E-state index in [1.54, 1.807) is 11.3 Å². The third-order valence-corrected chi connectivity index (χ3v) is 6.35. The summed E-state index contributed by atoms with van der Waals surface area (Å²) >= 11 is 1.72. The van der Waals surface area contributed by atoms with E-state index in [2.05, 4.69) is 15.2 Å². The molecule has 4 nitrogen and oxygen atoms in total. The molecule has 0 amide bonds. The van der Waals surface area contributed by atoms with E-state index in [1.807, 2.05) is 41.9 Å². The lowest BCUT2D eigenvalue weighted by atomic mass is 9.92. The molecular weight excluding hydrogens is 318 g/mol. The van der Waals surface area contributed by atoms with Crippen molar-refractivity contribution in [2.45, 2.75) is 37.8 Å². The fraction of sp³-hybridized carbons (Fsp3) is 0.526. The van der Waals surface area contributed by atoms with Crippen molar-refractivity contribution >= 4 is 16.5 Å². The van der Waals surface area contributed by atoms with Gasteiger partial charge in [-0.15, -0.1) is 11.3 Å². The van der Waals surface area contributed by atoms with Crippen molar-refractivity contribution < 1.29 is 5.11 Å². The average molecular weight is 343 g/mol. The zero-order valence-corrected chi connectivity index (χ0v) is 14.7. The summed E-state index contributed by atoms with van der Waals surface area (Å²) in [6.07, 6.45) is 6.07. The van der Waals surface area contributed by atoms with Gasteiger partial charge in [-0.2, -0.15) is 0 Å². The molecule has 1 aliphatic carbocycles. The molecule has 1 saturated heterocycles. The zero-order chi connectivity index (χ0) is 16.4. The van der Waals surface area contributed by atoms with Crippen LogP contribution < -0.4 is 10.2 Å². The predicted molar refractivity (Wildman–Crippen MR) is 98.4 cm³/mol. The van der Waals surface area contributed by atoms with Gasteiger partial charge in [-0.05, 0) is 31.2 Å². The minimum absolute atomic E-state index is 0.0494. The Morgan fingerprint density at radius 3 is 2.62 bits per heavy atom. The smallest absolute Gasteiger partial charge is 0.185 e. The second-order valence-corrected chi connectivity index (χ2v) is 8.01. The second kappa shape index (κ2) is 6.82. The van der Waals surface area contributed by atoms with Gasteiger partial charge in [-0.25, -0.2) is 4.98 Å². The molecule has 0 radical (unpaired) electrons. The van der Waals surface area contributed by atoms with Crippen LogP contribution in [0.15, 0.2) is 41.9 Å². The quantitative estimate of drug-likeness (QED) is 0.845. The molecule has 5 heteroatoms.